The van der Waals surface area contributed by atoms with Crippen LogP contribution in [0.15, 0.2) is 35.7 Å². The van der Waals surface area contributed by atoms with Gasteiger partial charge in [-0.25, -0.2) is 0 Å². The maximum atomic E-state index is 11.4. The van der Waals surface area contributed by atoms with Crippen molar-refractivity contribution < 1.29 is 9.72 Å². The normalized spacial score (nSPS) is 17.6. The van der Waals surface area contributed by atoms with Gasteiger partial charge >= 0.3 is 0 Å². The van der Waals surface area contributed by atoms with Crippen LogP contribution in [0.25, 0.3) is 0 Å². The zero-order chi connectivity index (χ0) is 15.7. The van der Waals surface area contributed by atoms with Crippen LogP contribution in [-0.2, 0) is 0 Å². The summed E-state index contributed by atoms with van der Waals surface area (Å²) in [6, 6.07) is 8.64. The van der Waals surface area contributed by atoms with E-state index in [1.54, 1.807) is 23.5 Å². The summed E-state index contributed by atoms with van der Waals surface area (Å²) in [5.41, 5.74) is 5.85. The molecule has 3 rings (SSSR count). The monoisotopic (exact) mass is 317 g/mol. The highest BCUT2D eigenvalue weighted by Gasteiger charge is 2.31. The molecule has 0 saturated carbocycles. The van der Waals surface area contributed by atoms with Gasteiger partial charge in [0.05, 0.1) is 11.0 Å². The van der Waals surface area contributed by atoms with E-state index in [-0.39, 0.29) is 17.3 Å². The lowest BCUT2D eigenvalue weighted by molar-refractivity contribution is -0.384. The van der Waals surface area contributed by atoms with Crippen molar-refractivity contribution >= 4 is 28.6 Å². The van der Waals surface area contributed by atoms with Gasteiger partial charge in [-0.1, -0.05) is 6.07 Å². The number of carbonyl (C=O) groups is 1. The van der Waals surface area contributed by atoms with Gasteiger partial charge in [0.1, 0.15) is 5.69 Å². The fourth-order valence-corrected chi connectivity index (χ4v) is 3.77. The Morgan fingerprint density at radius 1 is 1.41 bits per heavy atom. The minimum Gasteiger partial charge on any atom is -0.366 e. The number of benzene rings is 1. The molecule has 22 heavy (non-hydrogen) atoms. The van der Waals surface area contributed by atoms with E-state index in [9.17, 15) is 14.9 Å². The summed E-state index contributed by atoms with van der Waals surface area (Å²) in [6.45, 7) is 0.763. The van der Waals surface area contributed by atoms with E-state index >= 15 is 0 Å². The molecular formula is C15H15N3O3S. The highest BCUT2D eigenvalue weighted by Crippen LogP contribution is 2.41. The van der Waals surface area contributed by atoms with E-state index < -0.39 is 10.8 Å². The van der Waals surface area contributed by atoms with Gasteiger partial charge < -0.3 is 10.6 Å². The van der Waals surface area contributed by atoms with Crippen LogP contribution >= 0.6 is 11.3 Å². The minimum absolute atomic E-state index is 0.0697. The first-order valence-corrected chi connectivity index (χ1v) is 7.84. The first-order chi connectivity index (χ1) is 10.6. The van der Waals surface area contributed by atoms with Gasteiger partial charge in [0, 0.05) is 23.1 Å². The van der Waals surface area contributed by atoms with Crippen molar-refractivity contribution in [1.29, 1.82) is 0 Å². The number of nitro benzene ring substituents is 1. The maximum Gasteiger partial charge on any atom is 0.293 e. The molecule has 1 aromatic heterocycles. The maximum absolute atomic E-state index is 11.4. The minimum atomic E-state index is -0.661. The van der Waals surface area contributed by atoms with Gasteiger partial charge in [-0.3, -0.25) is 14.9 Å². The number of amides is 1. The lowest BCUT2D eigenvalue weighted by Crippen LogP contribution is -2.23. The summed E-state index contributed by atoms with van der Waals surface area (Å²) < 4.78 is 0. The van der Waals surface area contributed by atoms with Crippen molar-refractivity contribution in [3.8, 4) is 0 Å². The third kappa shape index (κ3) is 2.55. The van der Waals surface area contributed by atoms with Crippen LogP contribution in [0.3, 0.4) is 0 Å². The van der Waals surface area contributed by atoms with Crippen LogP contribution < -0.4 is 10.6 Å². The van der Waals surface area contributed by atoms with E-state index in [2.05, 4.69) is 11.0 Å². The van der Waals surface area contributed by atoms with Crippen molar-refractivity contribution in [1.82, 2.24) is 0 Å². The van der Waals surface area contributed by atoms with E-state index in [1.165, 1.54) is 10.9 Å². The Morgan fingerprint density at radius 2 is 2.23 bits per heavy atom. The zero-order valence-electron chi connectivity index (χ0n) is 11.8. The second kappa shape index (κ2) is 5.76. The largest absolute Gasteiger partial charge is 0.366 e. The van der Waals surface area contributed by atoms with Gasteiger partial charge in [-0.05, 0) is 36.4 Å². The Morgan fingerprint density at radius 3 is 2.86 bits per heavy atom. The quantitative estimate of drug-likeness (QED) is 0.693. The summed E-state index contributed by atoms with van der Waals surface area (Å²) in [6.07, 6.45) is 1.95. The molecule has 1 aromatic carbocycles. The molecular weight excluding hydrogens is 302 g/mol. The number of nitrogens with two attached hydrogens (primary N) is 1. The molecule has 0 spiro atoms. The third-order valence-corrected chi connectivity index (χ3v) is 4.86. The molecule has 0 radical (unpaired) electrons. The second-order valence-corrected chi connectivity index (χ2v) is 6.17. The number of carbonyl (C=O) groups excluding carboxylic acids is 1. The Kier molecular flexibility index (Phi) is 3.81. The summed E-state index contributed by atoms with van der Waals surface area (Å²) in [7, 11) is 0. The molecule has 1 atom stereocenters. The Labute approximate surface area is 131 Å². The lowest BCUT2D eigenvalue weighted by Gasteiger charge is -2.25. The molecule has 2 aromatic rings. The number of nitrogens with zero attached hydrogens (tertiary/aromatic N) is 2. The number of rotatable bonds is 4. The topological polar surface area (TPSA) is 89.5 Å². The van der Waals surface area contributed by atoms with E-state index in [0.717, 1.165) is 19.4 Å². The Hall–Kier alpha value is -2.41. The number of hydrogen-bond acceptors (Lipinski definition) is 5. The summed E-state index contributed by atoms with van der Waals surface area (Å²) in [5, 5.41) is 13.4. The highest BCUT2D eigenvalue weighted by molar-refractivity contribution is 7.10. The molecule has 2 N–H and O–H groups in total. The molecule has 1 fully saturated rings. The van der Waals surface area contributed by atoms with Crippen molar-refractivity contribution in [3.63, 3.8) is 0 Å². The number of thiophene rings is 1. The average Bonchev–Trinajstić information content (AvgIpc) is 3.17. The van der Waals surface area contributed by atoms with E-state index in [0.29, 0.717) is 5.69 Å². The van der Waals surface area contributed by atoms with Crippen molar-refractivity contribution in [2.45, 2.75) is 18.9 Å². The van der Waals surface area contributed by atoms with Gasteiger partial charge in [-0.15, -0.1) is 11.3 Å². The van der Waals surface area contributed by atoms with E-state index in [1.807, 2.05) is 11.4 Å². The smallest absolute Gasteiger partial charge is 0.293 e. The van der Waals surface area contributed by atoms with Crippen LogP contribution in [0.4, 0.5) is 11.4 Å². The van der Waals surface area contributed by atoms with Crippen LogP contribution in [-0.4, -0.2) is 17.4 Å². The van der Waals surface area contributed by atoms with Gasteiger partial charge in [-0.2, -0.15) is 0 Å². The molecule has 0 bridgehead atoms. The molecule has 7 heteroatoms. The van der Waals surface area contributed by atoms with Crippen molar-refractivity contribution in [2.75, 3.05) is 11.4 Å². The molecule has 114 valence electrons. The van der Waals surface area contributed by atoms with E-state index in [4.69, 9.17) is 5.73 Å². The van der Waals surface area contributed by atoms with Crippen molar-refractivity contribution in [2.24, 2.45) is 5.73 Å². The number of anilines is 1. The molecule has 1 aliphatic heterocycles. The number of nitro groups is 1. The SMILES string of the molecule is NC(=O)c1ccc(N2CCC[C@H]2c2cccs2)c([N+](=O)[O-])c1. The Balaban J connectivity index is 2.03. The molecule has 1 saturated heterocycles. The lowest BCUT2D eigenvalue weighted by atomic mass is 10.1. The van der Waals surface area contributed by atoms with Gasteiger partial charge in [0.2, 0.25) is 5.91 Å². The summed E-state index contributed by atoms with van der Waals surface area (Å²) >= 11 is 1.66. The van der Waals surface area contributed by atoms with Crippen LogP contribution in [0.1, 0.15) is 34.1 Å². The molecule has 0 aliphatic carbocycles. The van der Waals surface area contributed by atoms with Crippen molar-refractivity contribution in [3.05, 3.63) is 56.3 Å². The second-order valence-electron chi connectivity index (χ2n) is 5.19. The number of primary amides is 1. The summed E-state index contributed by atoms with van der Waals surface area (Å²) in [5.74, 6) is -0.661. The van der Waals surface area contributed by atoms with Crippen LogP contribution in [0.2, 0.25) is 0 Å². The van der Waals surface area contributed by atoms with Gasteiger partial charge in [0.25, 0.3) is 5.69 Å². The molecule has 1 amide bonds. The first kappa shape index (κ1) is 14.5. The molecule has 2 heterocycles. The highest BCUT2D eigenvalue weighted by atomic mass is 32.1. The standard InChI is InChI=1S/C15H15N3O3S/c16-15(19)10-5-6-11(13(9-10)18(20)21)17-7-1-3-12(17)14-4-2-8-22-14/h2,4-6,8-9,12H,1,3,7H2,(H2,16,19)/t12-/m0/s1. The predicted octanol–water partition coefficient (Wildman–Crippen LogP) is 3.10. The van der Waals surface area contributed by atoms with Crippen LogP contribution in [0.5, 0.6) is 0 Å². The van der Waals surface area contributed by atoms with Gasteiger partial charge in [0.15, 0.2) is 0 Å². The molecule has 0 unspecified atom stereocenters. The third-order valence-electron chi connectivity index (χ3n) is 3.89. The molecule has 6 nitrogen and oxygen atoms in total. The fraction of sp³-hybridized carbons (Fsp3) is 0.267. The summed E-state index contributed by atoms with van der Waals surface area (Å²) in [4.78, 5) is 25.4. The number of hydrogen-bond donors (Lipinski definition) is 1. The average molecular weight is 317 g/mol. The Bertz CT molecular complexity index is 715. The fourth-order valence-electron chi connectivity index (χ4n) is 2.90. The predicted molar refractivity (Wildman–Crippen MR) is 85.3 cm³/mol. The van der Waals surface area contributed by atoms with Crippen LogP contribution in [0, 0.1) is 10.1 Å². The molecule has 1 aliphatic rings. The first-order valence-electron chi connectivity index (χ1n) is 6.96. The zero-order valence-corrected chi connectivity index (χ0v) is 12.6.